The predicted octanol–water partition coefficient (Wildman–Crippen LogP) is 2.08. The fourth-order valence-electron chi connectivity index (χ4n) is 2.81. The minimum atomic E-state index is 0.158. The van der Waals surface area contributed by atoms with Crippen LogP contribution in [0.5, 0.6) is 0 Å². The van der Waals surface area contributed by atoms with Crippen molar-refractivity contribution in [2.24, 2.45) is 5.92 Å². The second-order valence-corrected chi connectivity index (χ2v) is 5.75. The first-order valence-corrected chi connectivity index (χ1v) is 7.30. The van der Waals surface area contributed by atoms with E-state index in [1.807, 2.05) is 24.0 Å². The highest BCUT2D eigenvalue weighted by Gasteiger charge is 2.36. The summed E-state index contributed by atoms with van der Waals surface area (Å²) in [5, 5.41) is 3.33. The van der Waals surface area contributed by atoms with Crippen molar-refractivity contribution in [2.75, 3.05) is 13.1 Å². The Bertz CT molecular complexity index is 445. The van der Waals surface area contributed by atoms with Gasteiger partial charge in [0.25, 0.3) is 0 Å². The first-order valence-electron chi connectivity index (χ1n) is 7.30. The van der Waals surface area contributed by atoms with E-state index in [9.17, 15) is 4.79 Å². The van der Waals surface area contributed by atoms with E-state index >= 15 is 0 Å². The lowest BCUT2D eigenvalue weighted by Crippen LogP contribution is -2.43. The molecular weight excluding hydrogens is 240 g/mol. The third kappa shape index (κ3) is 3.00. The normalized spacial score (nSPS) is 23.3. The van der Waals surface area contributed by atoms with Crippen molar-refractivity contribution in [1.29, 1.82) is 0 Å². The molecule has 1 aliphatic heterocycles. The van der Waals surface area contributed by atoms with Gasteiger partial charge in [-0.25, -0.2) is 0 Å². The number of nitrogens with zero attached hydrogens (tertiary/aromatic N) is 1. The molecule has 1 amide bonds. The monoisotopic (exact) mass is 262 g/mol. The second-order valence-electron chi connectivity index (χ2n) is 5.75. The molecule has 1 atom stereocenters. The quantitative estimate of drug-likeness (QED) is 0.903. The second kappa shape index (κ2) is 5.37. The molecule has 1 saturated carbocycles. The van der Waals surface area contributed by atoms with Gasteiger partial charge in [-0.15, -0.1) is 0 Å². The van der Waals surface area contributed by atoms with E-state index in [0.29, 0.717) is 18.5 Å². The molecule has 104 valence electrons. The molecular formula is C15H22N2O2. The lowest BCUT2D eigenvalue weighted by atomic mass is 9.98. The smallest absolute Gasteiger partial charge is 0.227 e. The van der Waals surface area contributed by atoms with Crippen LogP contribution in [0.15, 0.2) is 16.5 Å². The van der Waals surface area contributed by atoms with Crippen molar-refractivity contribution in [1.82, 2.24) is 10.2 Å². The summed E-state index contributed by atoms with van der Waals surface area (Å²) in [6.45, 7) is 4.45. The van der Waals surface area contributed by atoms with Crippen LogP contribution in [0.1, 0.15) is 37.2 Å². The number of nitrogens with one attached hydrogen (secondary N) is 1. The molecule has 0 unspecified atom stereocenters. The molecule has 2 fully saturated rings. The largest absolute Gasteiger partial charge is 0.464 e. The van der Waals surface area contributed by atoms with Crippen LogP contribution in [0, 0.1) is 12.8 Å². The maximum atomic E-state index is 12.6. The molecule has 1 aliphatic carbocycles. The molecule has 1 N–H and O–H groups in total. The van der Waals surface area contributed by atoms with Crippen LogP contribution >= 0.6 is 0 Å². The maximum absolute atomic E-state index is 12.6. The fourth-order valence-corrected chi connectivity index (χ4v) is 2.81. The Labute approximate surface area is 114 Å². The molecule has 1 aromatic rings. The topological polar surface area (TPSA) is 45.5 Å². The van der Waals surface area contributed by atoms with Gasteiger partial charge >= 0.3 is 0 Å². The molecule has 4 heteroatoms. The summed E-state index contributed by atoms with van der Waals surface area (Å²) in [7, 11) is 0. The molecule has 0 bridgehead atoms. The van der Waals surface area contributed by atoms with Gasteiger partial charge < -0.3 is 14.6 Å². The highest BCUT2D eigenvalue weighted by Crippen LogP contribution is 2.31. The van der Waals surface area contributed by atoms with Crippen LogP contribution < -0.4 is 5.32 Å². The van der Waals surface area contributed by atoms with Crippen LogP contribution in [0.4, 0.5) is 0 Å². The number of piperidine rings is 1. The Balaban J connectivity index is 1.67. The van der Waals surface area contributed by atoms with Crippen molar-refractivity contribution in [3.05, 3.63) is 23.7 Å². The zero-order valence-corrected chi connectivity index (χ0v) is 11.5. The number of furan rings is 1. The molecule has 2 aliphatic rings. The third-order valence-electron chi connectivity index (χ3n) is 4.04. The molecule has 1 saturated heterocycles. The van der Waals surface area contributed by atoms with Gasteiger partial charge in [0, 0.05) is 12.6 Å². The van der Waals surface area contributed by atoms with Crippen LogP contribution in [-0.2, 0) is 11.3 Å². The summed E-state index contributed by atoms with van der Waals surface area (Å²) >= 11 is 0. The Morgan fingerprint density at radius 3 is 2.84 bits per heavy atom. The number of carbonyl (C=O) groups excluding carboxylic acids is 1. The minimum Gasteiger partial charge on any atom is -0.464 e. The van der Waals surface area contributed by atoms with Crippen LogP contribution in [0.3, 0.4) is 0 Å². The average molecular weight is 262 g/mol. The lowest BCUT2D eigenvalue weighted by molar-refractivity contribution is -0.137. The van der Waals surface area contributed by atoms with Gasteiger partial charge in [0.2, 0.25) is 5.91 Å². The number of hydrogen-bond donors (Lipinski definition) is 1. The Morgan fingerprint density at radius 1 is 1.42 bits per heavy atom. The fraction of sp³-hybridized carbons (Fsp3) is 0.667. The zero-order chi connectivity index (χ0) is 13.2. The highest BCUT2D eigenvalue weighted by atomic mass is 16.3. The van der Waals surface area contributed by atoms with E-state index in [-0.39, 0.29) is 5.92 Å². The summed E-state index contributed by atoms with van der Waals surface area (Å²) in [6.07, 6.45) is 4.41. The molecule has 0 spiro atoms. The van der Waals surface area contributed by atoms with Crippen LogP contribution in [-0.4, -0.2) is 29.9 Å². The number of rotatable bonds is 4. The molecule has 0 aromatic carbocycles. The van der Waals surface area contributed by atoms with Gasteiger partial charge in [-0.05, 0) is 51.3 Å². The summed E-state index contributed by atoms with van der Waals surface area (Å²) in [5.41, 5.74) is 0. The molecule has 19 heavy (non-hydrogen) atoms. The van der Waals surface area contributed by atoms with E-state index < -0.39 is 0 Å². The minimum absolute atomic E-state index is 0.158. The van der Waals surface area contributed by atoms with Crippen molar-refractivity contribution in [3.8, 4) is 0 Å². The van der Waals surface area contributed by atoms with Gasteiger partial charge in [-0.2, -0.15) is 0 Å². The van der Waals surface area contributed by atoms with Gasteiger partial charge in [-0.1, -0.05) is 0 Å². The molecule has 2 heterocycles. The van der Waals surface area contributed by atoms with Crippen molar-refractivity contribution in [2.45, 2.75) is 45.2 Å². The number of amides is 1. The van der Waals surface area contributed by atoms with Crippen molar-refractivity contribution >= 4 is 5.91 Å². The van der Waals surface area contributed by atoms with E-state index in [4.69, 9.17) is 4.42 Å². The van der Waals surface area contributed by atoms with Gasteiger partial charge in [-0.3, -0.25) is 4.79 Å². The van der Waals surface area contributed by atoms with E-state index in [1.165, 1.54) is 0 Å². The first kappa shape index (κ1) is 12.7. The first-order chi connectivity index (χ1) is 9.24. The summed E-state index contributed by atoms with van der Waals surface area (Å²) in [5.74, 6) is 2.29. The van der Waals surface area contributed by atoms with Gasteiger partial charge in [0.15, 0.2) is 0 Å². The number of aryl methyl sites for hydroxylation is 1. The number of hydrogen-bond acceptors (Lipinski definition) is 3. The van der Waals surface area contributed by atoms with E-state index in [0.717, 1.165) is 50.3 Å². The SMILES string of the molecule is Cc1ccc(CN(C(=O)[C@H]2CCCNC2)C2CC2)o1. The van der Waals surface area contributed by atoms with Crippen molar-refractivity contribution in [3.63, 3.8) is 0 Å². The van der Waals surface area contributed by atoms with Crippen LogP contribution in [0.2, 0.25) is 0 Å². The van der Waals surface area contributed by atoms with E-state index in [1.54, 1.807) is 0 Å². The summed E-state index contributed by atoms with van der Waals surface area (Å²) < 4.78 is 5.62. The Morgan fingerprint density at radius 2 is 2.26 bits per heavy atom. The Hall–Kier alpha value is -1.29. The van der Waals surface area contributed by atoms with Crippen molar-refractivity contribution < 1.29 is 9.21 Å². The highest BCUT2D eigenvalue weighted by molar-refractivity contribution is 5.79. The zero-order valence-electron chi connectivity index (χ0n) is 11.5. The van der Waals surface area contributed by atoms with Gasteiger partial charge in [0.1, 0.15) is 11.5 Å². The third-order valence-corrected chi connectivity index (χ3v) is 4.04. The average Bonchev–Trinajstić information content (AvgIpc) is 3.20. The Kier molecular flexibility index (Phi) is 3.60. The molecule has 3 rings (SSSR count). The van der Waals surface area contributed by atoms with Crippen LogP contribution in [0.25, 0.3) is 0 Å². The molecule has 4 nitrogen and oxygen atoms in total. The van der Waals surface area contributed by atoms with E-state index in [2.05, 4.69) is 5.32 Å². The summed E-state index contributed by atoms with van der Waals surface area (Å²) in [4.78, 5) is 14.7. The lowest BCUT2D eigenvalue weighted by Gasteiger charge is -2.29. The molecule has 1 aromatic heterocycles. The summed E-state index contributed by atoms with van der Waals surface area (Å²) in [6, 6.07) is 4.39. The predicted molar refractivity (Wildman–Crippen MR) is 72.6 cm³/mol. The molecule has 0 radical (unpaired) electrons. The number of carbonyl (C=O) groups is 1. The maximum Gasteiger partial charge on any atom is 0.227 e. The standard InChI is InChI=1S/C15H22N2O2/c1-11-4-7-14(19-11)10-17(13-5-6-13)15(18)12-3-2-8-16-9-12/h4,7,12-13,16H,2-3,5-6,8-10H2,1H3/t12-/m0/s1. The van der Waals surface area contributed by atoms with Gasteiger partial charge in [0.05, 0.1) is 12.5 Å².